The highest BCUT2D eigenvalue weighted by Gasteiger charge is 2.60. The van der Waals surface area contributed by atoms with E-state index in [9.17, 15) is 22.0 Å². The molecular formula is C6H8F5N. The summed E-state index contributed by atoms with van der Waals surface area (Å²) in [6, 6.07) is 0. The molecule has 1 nitrogen and oxygen atoms in total. The largest absolute Gasteiger partial charge is 0.459 e. The molecule has 0 aromatic rings. The maximum atomic E-state index is 12.3. The fourth-order valence-corrected chi connectivity index (χ4v) is 0.684. The summed E-state index contributed by atoms with van der Waals surface area (Å²) in [5.74, 6) is -4.80. The van der Waals surface area contributed by atoms with Crippen molar-refractivity contribution in [3.8, 4) is 0 Å². The second kappa shape index (κ2) is 3.37. The van der Waals surface area contributed by atoms with Crippen LogP contribution in [0.15, 0.2) is 4.99 Å². The van der Waals surface area contributed by atoms with Crippen LogP contribution < -0.4 is 0 Å². The zero-order chi connectivity index (χ0) is 9.99. The van der Waals surface area contributed by atoms with E-state index in [0.29, 0.717) is 0 Å². The molecule has 0 aromatic heterocycles. The Bertz CT molecular complexity index is 181. The summed E-state index contributed by atoms with van der Waals surface area (Å²) in [6.45, 7) is 1.20. The summed E-state index contributed by atoms with van der Waals surface area (Å²) in [5, 5.41) is 0. The van der Waals surface area contributed by atoms with E-state index in [2.05, 4.69) is 4.99 Å². The summed E-state index contributed by atoms with van der Waals surface area (Å²) >= 11 is 0. The van der Waals surface area contributed by atoms with E-state index in [1.807, 2.05) is 0 Å². The summed E-state index contributed by atoms with van der Waals surface area (Å²) in [4.78, 5) is 2.89. The van der Waals surface area contributed by atoms with E-state index in [0.717, 1.165) is 7.05 Å². The molecule has 0 fully saturated rings. The van der Waals surface area contributed by atoms with Crippen molar-refractivity contribution in [2.75, 3.05) is 7.05 Å². The Morgan fingerprint density at radius 2 is 1.58 bits per heavy atom. The van der Waals surface area contributed by atoms with E-state index in [1.54, 1.807) is 0 Å². The van der Waals surface area contributed by atoms with Crippen LogP contribution in [0.5, 0.6) is 0 Å². The van der Waals surface area contributed by atoms with Crippen LogP contribution in [-0.2, 0) is 0 Å². The second-order valence-electron chi connectivity index (χ2n) is 2.10. The van der Waals surface area contributed by atoms with Gasteiger partial charge in [-0.1, -0.05) is 6.92 Å². The summed E-state index contributed by atoms with van der Waals surface area (Å²) in [5.41, 5.74) is -1.14. The molecule has 12 heavy (non-hydrogen) atoms. The molecule has 0 aliphatic carbocycles. The van der Waals surface area contributed by atoms with Gasteiger partial charge in [0.05, 0.1) is 5.71 Å². The highest BCUT2D eigenvalue weighted by Crippen LogP contribution is 2.37. The van der Waals surface area contributed by atoms with Gasteiger partial charge >= 0.3 is 12.1 Å². The first-order chi connectivity index (χ1) is 5.27. The van der Waals surface area contributed by atoms with Gasteiger partial charge in [0.1, 0.15) is 0 Å². The van der Waals surface area contributed by atoms with E-state index in [4.69, 9.17) is 0 Å². The van der Waals surface area contributed by atoms with E-state index >= 15 is 0 Å². The number of aliphatic imine (C=N–C) groups is 1. The average molecular weight is 189 g/mol. The predicted molar refractivity (Wildman–Crippen MR) is 34.7 cm³/mol. The highest BCUT2D eigenvalue weighted by atomic mass is 19.4. The molecule has 72 valence electrons. The van der Waals surface area contributed by atoms with Crippen LogP contribution in [0.3, 0.4) is 0 Å². The second-order valence-corrected chi connectivity index (χ2v) is 2.10. The van der Waals surface area contributed by atoms with Gasteiger partial charge in [0.25, 0.3) is 0 Å². The molecule has 0 aromatic carbocycles. The first-order valence-corrected chi connectivity index (χ1v) is 3.18. The van der Waals surface area contributed by atoms with E-state index in [1.165, 1.54) is 6.92 Å². The Balaban J connectivity index is 4.84. The average Bonchev–Trinajstić information content (AvgIpc) is 1.87. The Kier molecular flexibility index (Phi) is 3.17. The van der Waals surface area contributed by atoms with Crippen molar-refractivity contribution in [3.63, 3.8) is 0 Å². The van der Waals surface area contributed by atoms with Gasteiger partial charge in [-0.15, -0.1) is 0 Å². The molecular weight excluding hydrogens is 181 g/mol. The smallest absolute Gasteiger partial charge is 0.291 e. The van der Waals surface area contributed by atoms with Gasteiger partial charge in [0.2, 0.25) is 0 Å². The minimum atomic E-state index is -5.54. The topological polar surface area (TPSA) is 12.4 Å². The van der Waals surface area contributed by atoms with Gasteiger partial charge in [-0.3, -0.25) is 4.99 Å². The van der Waals surface area contributed by atoms with Crippen molar-refractivity contribution in [2.24, 2.45) is 4.99 Å². The lowest BCUT2D eigenvalue weighted by Crippen LogP contribution is -2.43. The molecule has 0 unspecified atom stereocenters. The molecule has 0 aliphatic heterocycles. The van der Waals surface area contributed by atoms with Gasteiger partial charge in [0, 0.05) is 7.05 Å². The van der Waals surface area contributed by atoms with Crippen LogP contribution in [0, 0.1) is 0 Å². The first kappa shape index (κ1) is 11.3. The van der Waals surface area contributed by atoms with Crippen LogP contribution in [0.1, 0.15) is 13.3 Å². The fraction of sp³-hybridized carbons (Fsp3) is 0.833. The summed E-state index contributed by atoms with van der Waals surface area (Å²) in [6.07, 6.45) is -5.96. The molecule has 0 rings (SSSR count). The number of alkyl halides is 5. The van der Waals surface area contributed by atoms with Gasteiger partial charge in [-0.25, -0.2) is 0 Å². The fourth-order valence-electron chi connectivity index (χ4n) is 0.684. The van der Waals surface area contributed by atoms with Crippen molar-refractivity contribution in [1.82, 2.24) is 0 Å². The molecule has 6 heteroatoms. The van der Waals surface area contributed by atoms with Crippen LogP contribution in [0.25, 0.3) is 0 Å². The lowest BCUT2D eigenvalue weighted by atomic mass is 10.1. The maximum absolute atomic E-state index is 12.3. The molecule has 0 saturated heterocycles. The van der Waals surface area contributed by atoms with Gasteiger partial charge in [0.15, 0.2) is 0 Å². The summed E-state index contributed by atoms with van der Waals surface area (Å²) < 4.78 is 59.6. The van der Waals surface area contributed by atoms with Gasteiger partial charge < -0.3 is 0 Å². The Morgan fingerprint density at radius 1 is 1.17 bits per heavy atom. The van der Waals surface area contributed by atoms with Crippen molar-refractivity contribution < 1.29 is 22.0 Å². The first-order valence-electron chi connectivity index (χ1n) is 3.18. The zero-order valence-electron chi connectivity index (χ0n) is 6.54. The number of nitrogens with zero attached hydrogens (tertiary/aromatic N) is 1. The van der Waals surface area contributed by atoms with Crippen LogP contribution in [0.4, 0.5) is 22.0 Å². The molecule has 0 heterocycles. The third-order valence-electron chi connectivity index (χ3n) is 1.32. The van der Waals surface area contributed by atoms with Crippen molar-refractivity contribution in [3.05, 3.63) is 0 Å². The lowest BCUT2D eigenvalue weighted by Gasteiger charge is -2.20. The molecule has 0 aliphatic rings. The number of hydrogen-bond acceptors (Lipinski definition) is 1. The molecule has 0 bridgehead atoms. The third-order valence-corrected chi connectivity index (χ3v) is 1.32. The lowest BCUT2D eigenvalue weighted by molar-refractivity contribution is -0.249. The van der Waals surface area contributed by atoms with E-state index in [-0.39, 0.29) is 0 Å². The maximum Gasteiger partial charge on any atom is 0.459 e. The molecule has 0 atom stereocenters. The quantitative estimate of drug-likeness (QED) is 0.467. The minimum Gasteiger partial charge on any atom is -0.291 e. The Hall–Kier alpha value is -0.680. The molecule has 0 radical (unpaired) electrons. The SMILES string of the molecule is CCC(=NC)C(F)(F)C(F)(F)F. The highest BCUT2D eigenvalue weighted by molar-refractivity contribution is 5.91. The molecule has 0 N–H and O–H groups in total. The third kappa shape index (κ3) is 1.92. The minimum absolute atomic E-state index is 0.414. The van der Waals surface area contributed by atoms with Gasteiger partial charge in [-0.2, -0.15) is 22.0 Å². The Morgan fingerprint density at radius 3 is 1.67 bits per heavy atom. The number of halogens is 5. The number of hydrogen-bond donors (Lipinski definition) is 0. The van der Waals surface area contributed by atoms with Crippen molar-refractivity contribution >= 4 is 5.71 Å². The molecule has 0 spiro atoms. The van der Waals surface area contributed by atoms with Crippen LogP contribution in [-0.4, -0.2) is 24.9 Å². The number of rotatable bonds is 2. The van der Waals surface area contributed by atoms with Crippen molar-refractivity contribution in [2.45, 2.75) is 25.4 Å². The van der Waals surface area contributed by atoms with Gasteiger partial charge in [-0.05, 0) is 6.42 Å². The molecule has 0 amide bonds. The van der Waals surface area contributed by atoms with E-state index < -0.39 is 24.2 Å². The monoisotopic (exact) mass is 189 g/mol. The predicted octanol–water partition coefficient (Wildman–Crippen LogP) is 2.66. The van der Waals surface area contributed by atoms with Crippen molar-refractivity contribution in [1.29, 1.82) is 0 Å². The van der Waals surface area contributed by atoms with Crippen LogP contribution >= 0.6 is 0 Å². The Labute approximate surface area is 66.3 Å². The van der Waals surface area contributed by atoms with Crippen LogP contribution in [0.2, 0.25) is 0 Å². The normalized spacial score (nSPS) is 15.1. The standard InChI is InChI=1S/C6H8F5N/c1-3-4(12-2)5(7,8)6(9,10)11/h3H2,1-2H3. The zero-order valence-corrected chi connectivity index (χ0v) is 6.54. The summed E-state index contributed by atoms with van der Waals surface area (Å²) in [7, 11) is 0.915. The molecule has 0 saturated carbocycles.